The second-order valence-corrected chi connectivity index (χ2v) is 8.18. The third-order valence-electron chi connectivity index (χ3n) is 4.57. The number of ether oxygens (including phenoxy) is 2. The Hall–Kier alpha value is -3.51. The molecule has 0 saturated heterocycles. The molecule has 1 heterocycles. The van der Waals surface area contributed by atoms with Gasteiger partial charge in [0.2, 0.25) is 5.91 Å². The standard InChI is InChI=1S/C23H25N5O3S/c1-15(2)28-22(16(3)31-20-8-6-5-7-19(20)30-4)26-27-23(28)32-14-21(29)25-18-11-9-17(13-24)10-12-18/h5-12,15-16H,14H2,1-4H3,(H,25,29). The van der Waals surface area contributed by atoms with Crippen molar-refractivity contribution in [2.75, 3.05) is 18.2 Å². The molecule has 1 N–H and O–H groups in total. The zero-order valence-electron chi connectivity index (χ0n) is 18.4. The Labute approximate surface area is 191 Å². The molecule has 0 spiro atoms. The van der Waals surface area contributed by atoms with Crippen LogP contribution in [0.3, 0.4) is 0 Å². The predicted molar refractivity (Wildman–Crippen MR) is 123 cm³/mol. The second-order valence-electron chi connectivity index (χ2n) is 7.24. The minimum atomic E-state index is -0.372. The van der Waals surface area contributed by atoms with Crippen molar-refractivity contribution in [2.24, 2.45) is 0 Å². The van der Waals surface area contributed by atoms with Gasteiger partial charge in [-0.1, -0.05) is 23.9 Å². The zero-order chi connectivity index (χ0) is 23.1. The molecule has 0 aliphatic heterocycles. The molecule has 0 saturated carbocycles. The number of carbonyl (C=O) groups is 1. The van der Waals surface area contributed by atoms with Crippen LogP contribution < -0.4 is 14.8 Å². The molecule has 8 nitrogen and oxygen atoms in total. The fourth-order valence-electron chi connectivity index (χ4n) is 3.06. The summed E-state index contributed by atoms with van der Waals surface area (Å²) in [5.74, 6) is 1.94. The Bertz CT molecular complexity index is 1110. The third kappa shape index (κ3) is 5.59. The Balaban J connectivity index is 1.68. The number of rotatable bonds is 9. The van der Waals surface area contributed by atoms with Crippen LogP contribution in [0, 0.1) is 11.3 Å². The molecule has 166 valence electrons. The van der Waals surface area contributed by atoms with Gasteiger partial charge in [0.15, 0.2) is 28.6 Å². The quantitative estimate of drug-likeness (QED) is 0.474. The van der Waals surface area contributed by atoms with Crippen LogP contribution in [0.5, 0.6) is 11.5 Å². The van der Waals surface area contributed by atoms with Crippen LogP contribution in [0.15, 0.2) is 53.7 Å². The number of benzene rings is 2. The zero-order valence-corrected chi connectivity index (χ0v) is 19.2. The maximum absolute atomic E-state index is 12.4. The lowest BCUT2D eigenvalue weighted by Gasteiger charge is -2.19. The van der Waals surface area contributed by atoms with Gasteiger partial charge in [-0.25, -0.2) is 0 Å². The average Bonchev–Trinajstić information content (AvgIpc) is 3.23. The summed E-state index contributed by atoms with van der Waals surface area (Å²) in [6.45, 7) is 5.97. The van der Waals surface area contributed by atoms with Crippen LogP contribution in [-0.4, -0.2) is 33.5 Å². The number of thioether (sulfide) groups is 1. The minimum absolute atomic E-state index is 0.0767. The summed E-state index contributed by atoms with van der Waals surface area (Å²) >= 11 is 1.31. The first kappa shape index (κ1) is 23.2. The van der Waals surface area contributed by atoms with E-state index in [0.717, 1.165) is 0 Å². The SMILES string of the molecule is COc1ccccc1OC(C)c1nnc(SCC(=O)Nc2ccc(C#N)cc2)n1C(C)C. The van der Waals surface area contributed by atoms with Gasteiger partial charge in [-0.05, 0) is 57.2 Å². The van der Waals surface area contributed by atoms with Crippen molar-refractivity contribution < 1.29 is 14.3 Å². The third-order valence-corrected chi connectivity index (χ3v) is 5.52. The van der Waals surface area contributed by atoms with Gasteiger partial charge in [0.05, 0.1) is 24.5 Å². The number of nitrogens with one attached hydrogen (secondary N) is 1. The molecule has 1 aromatic heterocycles. The number of para-hydroxylation sites is 2. The van der Waals surface area contributed by atoms with E-state index >= 15 is 0 Å². The first-order chi connectivity index (χ1) is 15.4. The van der Waals surface area contributed by atoms with Gasteiger partial charge >= 0.3 is 0 Å². The lowest BCUT2D eigenvalue weighted by Crippen LogP contribution is -2.16. The monoisotopic (exact) mass is 451 g/mol. The average molecular weight is 452 g/mol. The molecule has 3 rings (SSSR count). The number of hydrogen-bond donors (Lipinski definition) is 1. The summed E-state index contributed by atoms with van der Waals surface area (Å²) in [5, 5.41) is 21.0. The van der Waals surface area contributed by atoms with E-state index in [-0.39, 0.29) is 23.8 Å². The van der Waals surface area contributed by atoms with Crippen LogP contribution >= 0.6 is 11.8 Å². The molecule has 1 unspecified atom stereocenters. The van der Waals surface area contributed by atoms with Crippen LogP contribution in [-0.2, 0) is 4.79 Å². The maximum Gasteiger partial charge on any atom is 0.234 e. The summed E-state index contributed by atoms with van der Waals surface area (Å²) in [7, 11) is 1.60. The molecule has 32 heavy (non-hydrogen) atoms. The molecule has 9 heteroatoms. The Morgan fingerprint density at radius 1 is 1.12 bits per heavy atom. The lowest BCUT2D eigenvalue weighted by molar-refractivity contribution is -0.113. The summed E-state index contributed by atoms with van der Waals surface area (Å²) in [6, 6.07) is 16.3. The number of nitriles is 1. The molecule has 1 amide bonds. The number of hydrogen-bond acceptors (Lipinski definition) is 7. The van der Waals surface area contributed by atoms with Gasteiger partial charge in [-0.2, -0.15) is 5.26 Å². The van der Waals surface area contributed by atoms with Gasteiger partial charge < -0.3 is 19.4 Å². The molecular formula is C23H25N5O3S. The highest BCUT2D eigenvalue weighted by atomic mass is 32.2. The Morgan fingerprint density at radius 2 is 1.81 bits per heavy atom. The highest BCUT2D eigenvalue weighted by Gasteiger charge is 2.23. The Kier molecular flexibility index (Phi) is 7.73. The fourth-order valence-corrected chi connectivity index (χ4v) is 3.94. The molecule has 1 atom stereocenters. The van der Waals surface area contributed by atoms with Gasteiger partial charge in [0, 0.05) is 11.7 Å². The van der Waals surface area contributed by atoms with Crippen LogP contribution in [0.25, 0.3) is 0 Å². The van der Waals surface area contributed by atoms with E-state index < -0.39 is 0 Å². The molecule has 0 aliphatic rings. The van der Waals surface area contributed by atoms with Gasteiger partial charge in [-0.15, -0.1) is 10.2 Å². The van der Waals surface area contributed by atoms with Crippen molar-refractivity contribution in [3.63, 3.8) is 0 Å². The van der Waals surface area contributed by atoms with E-state index in [2.05, 4.69) is 21.6 Å². The predicted octanol–water partition coefficient (Wildman–Crippen LogP) is 4.61. The maximum atomic E-state index is 12.4. The van der Waals surface area contributed by atoms with E-state index in [4.69, 9.17) is 14.7 Å². The first-order valence-electron chi connectivity index (χ1n) is 10.1. The first-order valence-corrected chi connectivity index (χ1v) is 11.1. The molecule has 0 bridgehead atoms. The fraction of sp³-hybridized carbons (Fsp3) is 0.304. The highest BCUT2D eigenvalue weighted by molar-refractivity contribution is 7.99. The van der Waals surface area contributed by atoms with Crippen LogP contribution in [0.4, 0.5) is 5.69 Å². The van der Waals surface area contributed by atoms with Crippen molar-refractivity contribution in [3.05, 3.63) is 59.9 Å². The van der Waals surface area contributed by atoms with Gasteiger partial charge in [0.25, 0.3) is 0 Å². The number of aromatic nitrogens is 3. The summed E-state index contributed by atoms with van der Waals surface area (Å²) in [5.41, 5.74) is 1.18. The molecule has 2 aromatic carbocycles. The van der Waals surface area contributed by atoms with Crippen LogP contribution in [0.1, 0.15) is 44.3 Å². The number of anilines is 1. The van der Waals surface area contributed by atoms with Gasteiger partial charge in [0.1, 0.15) is 0 Å². The highest BCUT2D eigenvalue weighted by Crippen LogP contribution is 2.32. The number of methoxy groups -OCH3 is 1. The molecule has 3 aromatic rings. The topological polar surface area (TPSA) is 102 Å². The summed E-state index contributed by atoms with van der Waals surface area (Å²) in [4.78, 5) is 12.4. The minimum Gasteiger partial charge on any atom is -0.493 e. The Morgan fingerprint density at radius 3 is 2.44 bits per heavy atom. The van der Waals surface area contributed by atoms with E-state index in [0.29, 0.717) is 33.7 Å². The van der Waals surface area contributed by atoms with Crippen molar-refractivity contribution in [1.29, 1.82) is 5.26 Å². The lowest BCUT2D eigenvalue weighted by atomic mass is 10.2. The normalized spacial score (nSPS) is 11.6. The second kappa shape index (κ2) is 10.7. The summed E-state index contributed by atoms with van der Waals surface area (Å²) in [6.07, 6.45) is -0.372. The largest absolute Gasteiger partial charge is 0.493 e. The molecule has 0 aliphatic carbocycles. The van der Waals surface area contributed by atoms with Crippen molar-refractivity contribution >= 4 is 23.4 Å². The van der Waals surface area contributed by atoms with Crippen molar-refractivity contribution in [3.8, 4) is 17.6 Å². The van der Waals surface area contributed by atoms with Crippen molar-refractivity contribution in [1.82, 2.24) is 14.8 Å². The number of carbonyl (C=O) groups excluding carboxylic acids is 1. The van der Waals surface area contributed by atoms with E-state index in [1.807, 2.05) is 49.6 Å². The van der Waals surface area contributed by atoms with E-state index in [1.165, 1.54) is 11.8 Å². The smallest absolute Gasteiger partial charge is 0.234 e. The van der Waals surface area contributed by atoms with Crippen LogP contribution in [0.2, 0.25) is 0 Å². The molecule has 0 radical (unpaired) electrons. The summed E-state index contributed by atoms with van der Waals surface area (Å²) < 4.78 is 13.4. The van der Waals surface area contributed by atoms with E-state index in [1.54, 1.807) is 31.4 Å². The number of nitrogens with zero attached hydrogens (tertiary/aromatic N) is 4. The van der Waals surface area contributed by atoms with Gasteiger partial charge in [-0.3, -0.25) is 4.79 Å². The molecule has 0 fully saturated rings. The van der Waals surface area contributed by atoms with E-state index in [9.17, 15) is 4.79 Å². The molecular weight excluding hydrogens is 426 g/mol. The number of amides is 1. The van der Waals surface area contributed by atoms with Crippen molar-refractivity contribution in [2.45, 2.75) is 38.1 Å².